The molecule has 0 spiro atoms. The lowest BCUT2D eigenvalue weighted by atomic mass is 10.0. The predicted octanol–water partition coefficient (Wildman–Crippen LogP) is 23.9. The number of rotatable bonds is 70. The predicted molar refractivity (Wildman–Crippen MR) is 352 cm³/mol. The average Bonchev–Trinajstić information content (AvgIpc) is 3.46. The van der Waals surface area contributed by atoms with Crippen LogP contribution in [0, 0.1) is 0 Å². The van der Waals surface area contributed by atoms with Gasteiger partial charge in [-0.25, -0.2) is 0 Å². The lowest BCUT2D eigenvalue weighted by Crippen LogP contribution is -2.45. The van der Waals surface area contributed by atoms with E-state index in [-0.39, 0.29) is 18.5 Å². The summed E-state index contributed by atoms with van der Waals surface area (Å²) in [5.41, 5.74) is 0. The van der Waals surface area contributed by atoms with Crippen molar-refractivity contribution in [1.29, 1.82) is 0 Å². The first kappa shape index (κ1) is 78.6. The van der Waals surface area contributed by atoms with Crippen LogP contribution < -0.4 is 5.32 Å². The first-order valence-electron chi connectivity index (χ1n) is 36.9. The van der Waals surface area contributed by atoms with Crippen molar-refractivity contribution < 1.29 is 24.5 Å². The van der Waals surface area contributed by atoms with Crippen LogP contribution in [0.15, 0.2) is 12.2 Å². The highest BCUT2D eigenvalue weighted by Gasteiger charge is 2.20. The molecule has 0 heterocycles. The number of ether oxygens (including phenoxy) is 1. The molecule has 0 aromatic heterocycles. The molecule has 3 N–H and O–H groups in total. The summed E-state index contributed by atoms with van der Waals surface area (Å²) in [5.74, 6) is -0.00945. The van der Waals surface area contributed by atoms with Gasteiger partial charge in [-0.05, 0) is 51.4 Å². The van der Waals surface area contributed by atoms with E-state index in [9.17, 15) is 19.8 Å². The van der Waals surface area contributed by atoms with Gasteiger partial charge in [-0.1, -0.05) is 373 Å². The van der Waals surface area contributed by atoms with E-state index in [0.717, 1.165) is 38.5 Å². The number of hydrogen-bond donors (Lipinski definition) is 3. The molecular weight excluding hydrogens is 983 g/mol. The number of carbonyl (C=O) groups excluding carboxylic acids is 2. The molecule has 0 rings (SSSR count). The first-order valence-corrected chi connectivity index (χ1v) is 36.9. The Hall–Kier alpha value is -1.40. The summed E-state index contributed by atoms with van der Waals surface area (Å²) in [6, 6.07) is -0.541. The Kier molecular flexibility index (Phi) is 68.9. The summed E-state index contributed by atoms with van der Waals surface area (Å²) in [7, 11) is 0. The standard InChI is InChI=1S/C74H145NO5/c1-3-5-7-9-11-13-15-17-19-21-35-38-42-46-50-54-58-62-66-72(77)71(70-76)75-73(78)67-63-59-55-51-47-43-39-36-32-30-28-26-24-22-23-25-27-29-31-33-37-41-45-49-53-57-61-65-69-80-74(79)68-64-60-56-52-48-44-40-34-20-18-16-14-12-10-8-6-4-2/h22-23,71-72,76-77H,3-21,24-70H2,1-2H3,(H,75,78)/b23-22-. The zero-order chi connectivity index (χ0) is 57.8. The third kappa shape index (κ3) is 65.7. The van der Waals surface area contributed by atoms with Gasteiger partial charge in [0.2, 0.25) is 5.91 Å². The van der Waals surface area contributed by atoms with Crippen molar-refractivity contribution in [3.05, 3.63) is 12.2 Å². The monoisotopic (exact) mass is 1130 g/mol. The summed E-state index contributed by atoms with van der Waals surface area (Å²) in [5, 5.41) is 23.4. The molecule has 0 aromatic carbocycles. The molecular formula is C74H145NO5. The van der Waals surface area contributed by atoms with Crippen LogP contribution in [-0.4, -0.2) is 47.4 Å². The summed E-state index contributed by atoms with van der Waals surface area (Å²) in [6.45, 7) is 5.01. The van der Waals surface area contributed by atoms with E-state index in [2.05, 4.69) is 31.3 Å². The Bertz CT molecular complexity index is 1210. The highest BCUT2D eigenvalue weighted by molar-refractivity contribution is 5.76. The van der Waals surface area contributed by atoms with Gasteiger partial charge in [0.05, 0.1) is 25.4 Å². The molecule has 0 fully saturated rings. The van der Waals surface area contributed by atoms with Crippen LogP contribution in [0.3, 0.4) is 0 Å². The number of hydrogen-bond acceptors (Lipinski definition) is 5. The Balaban J connectivity index is 3.35. The molecule has 476 valence electrons. The summed E-state index contributed by atoms with van der Waals surface area (Å²) in [6.07, 6.45) is 87.0. The Morgan fingerprint density at radius 1 is 0.338 bits per heavy atom. The number of unbranched alkanes of at least 4 members (excludes halogenated alkanes) is 57. The zero-order valence-corrected chi connectivity index (χ0v) is 54.6. The minimum absolute atomic E-state index is 0.0210. The fourth-order valence-electron chi connectivity index (χ4n) is 11.9. The van der Waals surface area contributed by atoms with Crippen molar-refractivity contribution in [3.8, 4) is 0 Å². The Labute approximate surface area is 501 Å². The summed E-state index contributed by atoms with van der Waals surface area (Å²) >= 11 is 0. The second kappa shape index (κ2) is 70.1. The lowest BCUT2D eigenvalue weighted by molar-refractivity contribution is -0.143. The van der Waals surface area contributed by atoms with Crippen LogP contribution in [-0.2, 0) is 14.3 Å². The second-order valence-corrected chi connectivity index (χ2v) is 25.6. The summed E-state index contributed by atoms with van der Waals surface area (Å²) in [4.78, 5) is 24.6. The average molecular weight is 1130 g/mol. The SMILES string of the molecule is CCCCCCCCCCCCCCCCCCCCC(O)C(CO)NC(=O)CCCCCCCCCCCCCC/C=C\CCCCCCCCCCCCCCOC(=O)CCCCCCCCCCCCCCCCCCC. The largest absolute Gasteiger partial charge is 0.466 e. The van der Waals surface area contributed by atoms with Crippen LogP contribution >= 0.6 is 0 Å². The van der Waals surface area contributed by atoms with E-state index < -0.39 is 12.1 Å². The molecule has 0 aliphatic carbocycles. The molecule has 6 nitrogen and oxygen atoms in total. The highest BCUT2D eigenvalue weighted by Crippen LogP contribution is 2.19. The van der Waals surface area contributed by atoms with Gasteiger partial charge in [-0.15, -0.1) is 0 Å². The fraction of sp³-hybridized carbons (Fsp3) is 0.946. The molecule has 2 atom stereocenters. The maximum atomic E-state index is 12.5. The normalized spacial score (nSPS) is 12.5. The van der Waals surface area contributed by atoms with Gasteiger partial charge in [-0.3, -0.25) is 9.59 Å². The Morgan fingerprint density at radius 3 is 0.887 bits per heavy atom. The van der Waals surface area contributed by atoms with E-state index in [1.54, 1.807) is 0 Å². The van der Waals surface area contributed by atoms with Crippen molar-refractivity contribution in [3.63, 3.8) is 0 Å². The van der Waals surface area contributed by atoms with E-state index >= 15 is 0 Å². The van der Waals surface area contributed by atoms with Gasteiger partial charge in [-0.2, -0.15) is 0 Å². The summed E-state index contributed by atoms with van der Waals surface area (Å²) < 4.78 is 5.51. The fourth-order valence-corrected chi connectivity index (χ4v) is 11.9. The van der Waals surface area contributed by atoms with Crippen LogP contribution in [0.2, 0.25) is 0 Å². The quantitative estimate of drug-likeness (QED) is 0.0320. The number of esters is 1. The molecule has 80 heavy (non-hydrogen) atoms. The third-order valence-corrected chi connectivity index (χ3v) is 17.6. The van der Waals surface area contributed by atoms with Gasteiger partial charge in [0.15, 0.2) is 0 Å². The van der Waals surface area contributed by atoms with Crippen molar-refractivity contribution in [2.75, 3.05) is 13.2 Å². The van der Waals surface area contributed by atoms with E-state index in [0.29, 0.717) is 25.9 Å². The minimum atomic E-state index is -0.664. The third-order valence-electron chi connectivity index (χ3n) is 17.6. The zero-order valence-electron chi connectivity index (χ0n) is 54.6. The molecule has 0 saturated heterocycles. The van der Waals surface area contributed by atoms with E-state index in [4.69, 9.17) is 4.74 Å². The van der Waals surface area contributed by atoms with Crippen LogP contribution in [0.4, 0.5) is 0 Å². The molecule has 0 aliphatic heterocycles. The van der Waals surface area contributed by atoms with Crippen molar-refractivity contribution in [1.82, 2.24) is 5.32 Å². The molecule has 0 saturated carbocycles. The van der Waals surface area contributed by atoms with E-state index in [1.807, 2.05) is 0 Å². The number of aliphatic hydroxyl groups excluding tert-OH is 2. The smallest absolute Gasteiger partial charge is 0.305 e. The van der Waals surface area contributed by atoms with Crippen LogP contribution in [0.25, 0.3) is 0 Å². The topological polar surface area (TPSA) is 95.9 Å². The highest BCUT2D eigenvalue weighted by atomic mass is 16.5. The molecule has 2 unspecified atom stereocenters. The minimum Gasteiger partial charge on any atom is -0.466 e. The second-order valence-electron chi connectivity index (χ2n) is 25.6. The molecule has 0 radical (unpaired) electrons. The van der Waals surface area contributed by atoms with Crippen molar-refractivity contribution in [2.24, 2.45) is 0 Å². The van der Waals surface area contributed by atoms with Gasteiger partial charge in [0, 0.05) is 12.8 Å². The van der Waals surface area contributed by atoms with Crippen LogP contribution in [0.1, 0.15) is 425 Å². The number of aliphatic hydroxyl groups is 2. The lowest BCUT2D eigenvalue weighted by Gasteiger charge is -2.22. The number of allylic oxidation sites excluding steroid dienone is 2. The Morgan fingerprint density at radius 2 is 0.588 bits per heavy atom. The van der Waals surface area contributed by atoms with Gasteiger partial charge < -0.3 is 20.3 Å². The maximum Gasteiger partial charge on any atom is 0.305 e. The molecule has 0 aliphatic rings. The van der Waals surface area contributed by atoms with Crippen molar-refractivity contribution in [2.45, 2.75) is 437 Å². The van der Waals surface area contributed by atoms with E-state index in [1.165, 1.54) is 353 Å². The molecule has 6 heteroatoms. The molecule has 0 bridgehead atoms. The first-order chi connectivity index (χ1) is 39.5. The number of amides is 1. The van der Waals surface area contributed by atoms with Gasteiger partial charge in [0.25, 0.3) is 0 Å². The number of nitrogens with one attached hydrogen (secondary N) is 1. The number of carbonyl (C=O) groups is 2. The molecule has 0 aromatic rings. The van der Waals surface area contributed by atoms with Gasteiger partial charge in [0.1, 0.15) is 0 Å². The molecule has 1 amide bonds. The maximum absolute atomic E-state index is 12.5. The van der Waals surface area contributed by atoms with Gasteiger partial charge >= 0.3 is 5.97 Å². The van der Waals surface area contributed by atoms with Crippen molar-refractivity contribution >= 4 is 11.9 Å². The van der Waals surface area contributed by atoms with Crippen LogP contribution in [0.5, 0.6) is 0 Å².